The highest BCUT2D eigenvalue weighted by Gasteiger charge is 2.34. The van der Waals surface area contributed by atoms with Gasteiger partial charge >= 0.3 is 12.1 Å². The Morgan fingerprint density at radius 3 is 2.03 bits per heavy atom. The van der Waals surface area contributed by atoms with E-state index in [1.54, 1.807) is 6.92 Å². The predicted molar refractivity (Wildman–Crippen MR) is 131 cm³/mol. The Morgan fingerprint density at radius 1 is 1.03 bits per heavy atom. The van der Waals surface area contributed by atoms with Crippen molar-refractivity contribution in [2.75, 3.05) is 13.2 Å². The van der Waals surface area contributed by atoms with E-state index in [9.17, 15) is 19.5 Å². The van der Waals surface area contributed by atoms with Gasteiger partial charge in [-0.1, -0.05) is 69.3 Å². The lowest BCUT2D eigenvalue weighted by atomic mass is 9.87. The quantitative estimate of drug-likeness (QED) is 0.590. The smallest absolute Gasteiger partial charge is 0.407 e. The van der Waals surface area contributed by atoms with Gasteiger partial charge in [0.25, 0.3) is 0 Å². The highest BCUT2D eigenvalue weighted by Crippen LogP contribution is 2.44. The Hall–Kier alpha value is -3.35. The van der Waals surface area contributed by atoms with Crippen molar-refractivity contribution in [1.29, 1.82) is 0 Å². The second-order valence-corrected chi connectivity index (χ2v) is 9.93. The topological polar surface area (TPSA) is 95.9 Å². The molecular weight excluding hydrogens is 432 g/mol. The van der Waals surface area contributed by atoms with Gasteiger partial charge in [0, 0.05) is 12.5 Å². The van der Waals surface area contributed by atoms with Crippen LogP contribution in [0.2, 0.25) is 0 Å². The van der Waals surface area contributed by atoms with Crippen molar-refractivity contribution in [1.82, 2.24) is 10.2 Å². The molecule has 7 nitrogen and oxygen atoms in total. The lowest BCUT2D eigenvalue weighted by Gasteiger charge is -2.32. The number of nitrogens with one attached hydrogen (secondary N) is 1. The molecule has 0 saturated heterocycles. The maximum Gasteiger partial charge on any atom is 0.407 e. The van der Waals surface area contributed by atoms with Gasteiger partial charge in [0.1, 0.15) is 18.7 Å². The summed E-state index contributed by atoms with van der Waals surface area (Å²) in [5.41, 5.74) is 4.20. The maximum atomic E-state index is 13.2. The van der Waals surface area contributed by atoms with E-state index >= 15 is 0 Å². The van der Waals surface area contributed by atoms with Gasteiger partial charge < -0.3 is 20.1 Å². The summed E-state index contributed by atoms with van der Waals surface area (Å²) in [6.45, 7) is 9.43. The van der Waals surface area contributed by atoms with E-state index in [4.69, 9.17) is 4.74 Å². The average molecular weight is 467 g/mol. The highest BCUT2D eigenvalue weighted by molar-refractivity contribution is 5.89. The third kappa shape index (κ3) is 5.58. The number of carboxylic acids is 1. The molecule has 0 bridgehead atoms. The number of hydrogen-bond acceptors (Lipinski definition) is 4. The number of amides is 2. The van der Waals surface area contributed by atoms with Crippen molar-refractivity contribution in [3.63, 3.8) is 0 Å². The molecule has 0 heterocycles. The Balaban J connectivity index is 1.74. The van der Waals surface area contributed by atoms with Gasteiger partial charge in [-0.05, 0) is 47.9 Å². The molecule has 7 heteroatoms. The number of likely N-dealkylation sites (N-methyl/N-ethyl adjacent to an activating group) is 1. The van der Waals surface area contributed by atoms with Crippen LogP contribution >= 0.6 is 0 Å². The number of carbonyl (C=O) groups is 3. The summed E-state index contributed by atoms with van der Waals surface area (Å²) in [7, 11) is 0. The summed E-state index contributed by atoms with van der Waals surface area (Å²) in [6, 6.07) is 14.3. The monoisotopic (exact) mass is 466 g/mol. The third-order valence-electron chi connectivity index (χ3n) is 6.20. The molecule has 2 atom stereocenters. The minimum absolute atomic E-state index is 0.0888. The van der Waals surface area contributed by atoms with E-state index in [2.05, 4.69) is 17.4 Å². The number of fused-ring (bicyclic) bond motifs is 3. The Labute approximate surface area is 201 Å². The zero-order valence-electron chi connectivity index (χ0n) is 20.5. The van der Waals surface area contributed by atoms with Crippen LogP contribution in [0, 0.1) is 5.41 Å². The van der Waals surface area contributed by atoms with Crippen LogP contribution in [0.25, 0.3) is 11.1 Å². The summed E-state index contributed by atoms with van der Waals surface area (Å²) >= 11 is 0. The van der Waals surface area contributed by atoms with Gasteiger partial charge in [-0.25, -0.2) is 9.59 Å². The SMILES string of the molecule is CCN(C(=O)C(CC(C)(C)C)NC(=O)OCC1c2ccccc2-c2ccccc21)C(C)C(=O)O. The van der Waals surface area contributed by atoms with Crippen molar-refractivity contribution in [3.8, 4) is 11.1 Å². The first-order valence-electron chi connectivity index (χ1n) is 11.7. The first kappa shape index (κ1) is 25.3. The van der Waals surface area contributed by atoms with Gasteiger partial charge in [0.05, 0.1) is 0 Å². The standard InChI is InChI=1S/C27H34N2O5/c1-6-29(17(2)25(31)32)24(30)23(15-27(3,4)5)28-26(33)34-16-22-20-13-9-7-11-18(20)19-12-8-10-14-21(19)22/h7-14,17,22-23H,6,15-16H2,1-5H3,(H,28,33)(H,31,32). The van der Waals surface area contributed by atoms with Crippen LogP contribution in [0.15, 0.2) is 48.5 Å². The molecule has 1 aliphatic carbocycles. The molecule has 0 aliphatic heterocycles. The molecule has 2 aromatic rings. The van der Waals surface area contributed by atoms with Crippen molar-refractivity contribution in [2.45, 2.75) is 59.0 Å². The van der Waals surface area contributed by atoms with E-state index in [-0.39, 0.29) is 24.5 Å². The molecule has 0 fully saturated rings. The van der Waals surface area contributed by atoms with E-state index in [0.717, 1.165) is 22.3 Å². The van der Waals surface area contributed by atoms with Crippen molar-refractivity contribution >= 4 is 18.0 Å². The van der Waals surface area contributed by atoms with E-state index in [1.807, 2.05) is 57.2 Å². The molecule has 0 aromatic heterocycles. The summed E-state index contributed by atoms with van der Waals surface area (Å²) in [6.07, 6.45) is -0.345. The summed E-state index contributed by atoms with van der Waals surface area (Å²) < 4.78 is 5.62. The van der Waals surface area contributed by atoms with Crippen molar-refractivity contribution in [2.24, 2.45) is 5.41 Å². The molecule has 34 heavy (non-hydrogen) atoms. The van der Waals surface area contributed by atoms with Crippen LogP contribution in [-0.4, -0.2) is 53.2 Å². The second-order valence-electron chi connectivity index (χ2n) is 9.93. The fraction of sp³-hybridized carbons (Fsp3) is 0.444. The molecule has 1 aliphatic rings. The van der Waals surface area contributed by atoms with Crippen LogP contribution in [0.4, 0.5) is 4.79 Å². The number of aliphatic carboxylic acids is 1. The van der Waals surface area contributed by atoms with Crippen LogP contribution < -0.4 is 5.32 Å². The zero-order valence-corrected chi connectivity index (χ0v) is 20.5. The Bertz CT molecular complexity index is 1010. The summed E-state index contributed by atoms with van der Waals surface area (Å²) in [5, 5.41) is 12.1. The summed E-state index contributed by atoms with van der Waals surface area (Å²) in [5.74, 6) is -1.61. The Kier molecular flexibility index (Phi) is 7.64. The van der Waals surface area contributed by atoms with Crippen LogP contribution in [-0.2, 0) is 14.3 Å². The second kappa shape index (κ2) is 10.3. The van der Waals surface area contributed by atoms with Gasteiger partial charge in [-0.15, -0.1) is 0 Å². The molecule has 0 saturated carbocycles. The molecule has 2 N–H and O–H groups in total. The van der Waals surface area contributed by atoms with E-state index < -0.39 is 30.1 Å². The molecule has 0 radical (unpaired) electrons. The fourth-order valence-electron chi connectivity index (χ4n) is 4.55. The van der Waals surface area contributed by atoms with Crippen molar-refractivity contribution in [3.05, 3.63) is 59.7 Å². The molecule has 2 unspecified atom stereocenters. The number of carbonyl (C=O) groups excluding carboxylic acids is 2. The van der Waals surface area contributed by atoms with Crippen LogP contribution in [0.5, 0.6) is 0 Å². The lowest BCUT2D eigenvalue weighted by molar-refractivity contribution is -0.150. The van der Waals surface area contributed by atoms with Gasteiger partial charge in [0.2, 0.25) is 5.91 Å². The van der Waals surface area contributed by atoms with Gasteiger partial charge in [0.15, 0.2) is 0 Å². The molecule has 2 aromatic carbocycles. The average Bonchev–Trinajstić information content (AvgIpc) is 3.10. The molecule has 182 valence electrons. The molecular formula is C27H34N2O5. The van der Waals surface area contributed by atoms with Gasteiger partial charge in [-0.2, -0.15) is 0 Å². The number of benzene rings is 2. The number of alkyl carbamates (subject to hydrolysis) is 1. The largest absolute Gasteiger partial charge is 0.480 e. The fourth-order valence-corrected chi connectivity index (χ4v) is 4.55. The van der Waals surface area contributed by atoms with Crippen LogP contribution in [0.1, 0.15) is 58.1 Å². The van der Waals surface area contributed by atoms with E-state index in [1.165, 1.54) is 11.8 Å². The maximum absolute atomic E-state index is 13.2. The molecule has 0 spiro atoms. The molecule has 3 rings (SSSR count). The van der Waals surface area contributed by atoms with Crippen molar-refractivity contribution < 1.29 is 24.2 Å². The first-order chi connectivity index (χ1) is 16.0. The van der Waals surface area contributed by atoms with E-state index in [0.29, 0.717) is 6.42 Å². The lowest BCUT2D eigenvalue weighted by Crippen LogP contribution is -2.54. The minimum Gasteiger partial charge on any atom is -0.480 e. The number of rotatable bonds is 8. The number of carboxylic acid groups (broad SMARTS) is 1. The van der Waals surface area contributed by atoms with Gasteiger partial charge in [-0.3, -0.25) is 4.79 Å². The summed E-state index contributed by atoms with van der Waals surface area (Å²) in [4.78, 5) is 38.8. The third-order valence-corrected chi connectivity index (χ3v) is 6.20. The Morgan fingerprint density at radius 2 is 1.56 bits per heavy atom. The highest BCUT2D eigenvalue weighted by atomic mass is 16.5. The predicted octanol–water partition coefficient (Wildman–Crippen LogP) is 4.65. The molecule has 2 amide bonds. The number of hydrogen-bond donors (Lipinski definition) is 2. The first-order valence-corrected chi connectivity index (χ1v) is 11.7. The minimum atomic E-state index is -1.09. The zero-order chi connectivity index (χ0) is 25.0. The van der Waals surface area contributed by atoms with Crippen LogP contribution in [0.3, 0.4) is 0 Å². The normalized spacial score (nSPS) is 14.5. The number of nitrogens with zero attached hydrogens (tertiary/aromatic N) is 1. The number of ether oxygens (including phenoxy) is 1.